The predicted molar refractivity (Wildman–Crippen MR) is 101 cm³/mol. The highest BCUT2D eigenvalue weighted by atomic mass is 35.5. The quantitative estimate of drug-likeness (QED) is 0.806. The van der Waals surface area contributed by atoms with Gasteiger partial charge in [0.1, 0.15) is 11.9 Å². The third kappa shape index (κ3) is 4.96. The Morgan fingerprint density at radius 1 is 1.15 bits per heavy atom. The summed E-state index contributed by atoms with van der Waals surface area (Å²) in [5.74, 6) is -1.07. The van der Waals surface area contributed by atoms with Crippen LogP contribution in [0.25, 0.3) is 0 Å². The van der Waals surface area contributed by atoms with Gasteiger partial charge in [-0.25, -0.2) is 4.39 Å². The normalized spacial score (nSPS) is 11.7. The van der Waals surface area contributed by atoms with Crippen LogP contribution in [0.3, 0.4) is 0 Å². The van der Waals surface area contributed by atoms with Crippen LogP contribution in [0.15, 0.2) is 42.5 Å². The molecule has 0 heterocycles. The predicted octanol–water partition coefficient (Wildman–Crippen LogP) is 3.84. The minimum absolute atomic E-state index is 0.0125. The standard InChI is InChI=1S/C19H19Cl2FN2O2/c1-12(19(26)23-2)24(11-14-5-3-4-6-17(14)22)18(25)10-13-7-8-15(20)16(21)9-13/h3-9,12H,10-11H2,1-2H3,(H,23,26)/t12-/m1/s1. The third-order valence-electron chi connectivity index (χ3n) is 4.05. The van der Waals surface area contributed by atoms with Gasteiger partial charge in [0.15, 0.2) is 0 Å². The third-order valence-corrected chi connectivity index (χ3v) is 4.79. The average Bonchev–Trinajstić information content (AvgIpc) is 2.62. The fourth-order valence-corrected chi connectivity index (χ4v) is 2.85. The lowest BCUT2D eigenvalue weighted by molar-refractivity contribution is -0.139. The van der Waals surface area contributed by atoms with Crippen LogP contribution in [0.1, 0.15) is 18.1 Å². The number of amides is 2. The molecule has 1 atom stereocenters. The van der Waals surface area contributed by atoms with Crippen molar-refractivity contribution in [3.05, 3.63) is 69.5 Å². The molecule has 2 aromatic rings. The summed E-state index contributed by atoms with van der Waals surface area (Å²) < 4.78 is 14.0. The summed E-state index contributed by atoms with van der Waals surface area (Å²) >= 11 is 11.9. The molecular formula is C19H19Cl2FN2O2. The van der Waals surface area contributed by atoms with Gasteiger partial charge in [0.25, 0.3) is 0 Å². The molecule has 26 heavy (non-hydrogen) atoms. The van der Waals surface area contributed by atoms with Gasteiger partial charge in [0.05, 0.1) is 16.5 Å². The Bertz CT molecular complexity index is 814. The van der Waals surface area contributed by atoms with E-state index in [9.17, 15) is 14.0 Å². The van der Waals surface area contributed by atoms with Crippen molar-refractivity contribution in [3.8, 4) is 0 Å². The first-order valence-electron chi connectivity index (χ1n) is 8.02. The average molecular weight is 397 g/mol. The van der Waals surface area contributed by atoms with E-state index in [2.05, 4.69) is 5.32 Å². The molecule has 138 valence electrons. The van der Waals surface area contributed by atoms with Crippen molar-refractivity contribution in [3.63, 3.8) is 0 Å². The number of nitrogens with one attached hydrogen (secondary N) is 1. The van der Waals surface area contributed by atoms with Crippen LogP contribution >= 0.6 is 23.2 Å². The van der Waals surface area contributed by atoms with E-state index in [0.29, 0.717) is 21.2 Å². The smallest absolute Gasteiger partial charge is 0.242 e. The Hall–Kier alpha value is -2.11. The van der Waals surface area contributed by atoms with E-state index < -0.39 is 11.9 Å². The summed E-state index contributed by atoms with van der Waals surface area (Å²) in [6, 6.07) is 10.3. The number of hydrogen-bond donors (Lipinski definition) is 1. The zero-order valence-corrected chi connectivity index (χ0v) is 15.9. The number of hydrogen-bond acceptors (Lipinski definition) is 2. The van der Waals surface area contributed by atoms with E-state index in [1.54, 1.807) is 43.3 Å². The molecule has 0 aliphatic rings. The second-order valence-corrected chi connectivity index (χ2v) is 6.64. The lowest BCUT2D eigenvalue weighted by Crippen LogP contribution is -2.47. The van der Waals surface area contributed by atoms with Crippen LogP contribution in [-0.2, 0) is 22.6 Å². The van der Waals surface area contributed by atoms with Crippen LogP contribution in [0.5, 0.6) is 0 Å². The van der Waals surface area contributed by atoms with Gasteiger partial charge >= 0.3 is 0 Å². The molecule has 0 spiro atoms. The molecule has 1 N–H and O–H groups in total. The molecular weight excluding hydrogens is 378 g/mol. The molecule has 2 aromatic carbocycles. The van der Waals surface area contributed by atoms with E-state index in [4.69, 9.17) is 23.2 Å². The fourth-order valence-electron chi connectivity index (χ4n) is 2.53. The number of nitrogens with zero attached hydrogens (tertiary/aromatic N) is 1. The summed E-state index contributed by atoms with van der Waals surface area (Å²) in [6.45, 7) is 1.59. The highest BCUT2D eigenvalue weighted by Crippen LogP contribution is 2.23. The summed E-state index contributed by atoms with van der Waals surface area (Å²) in [7, 11) is 1.49. The van der Waals surface area contributed by atoms with Gasteiger partial charge < -0.3 is 10.2 Å². The van der Waals surface area contributed by atoms with Gasteiger partial charge in [-0.1, -0.05) is 47.5 Å². The zero-order chi connectivity index (χ0) is 19.3. The molecule has 0 aromatic heterocycles. The summed E-state index contributed by atoms with van der Waals surface area (Å²) in [4.78, 5) is 26.2. The van der Waals surface area contributed by atoms with Gasteiger partial charge in [-0.15, -0.1) is 0 Å². The lowest BCUT2D eigenvalue weighted by atomic mass is 10.1. The monoisotopic (exact) mass is 396 g/mol. The second kappa shape index (κ2) is 9.01. The minimum atomic E-state index is -0.755. The molecule has 4 nitrogen and oxygen atoms in total. The van der Waals surface area contributed by atoms with Crippen LogP contribution in [0, 0.1) is 5.82 Å². The highest BCUT2D eigenvalue weighted by Gasteiger charge is 2.26. The Kier molecular flexibility index (Phi) is 7.00. The molecule has 0 fully saturated rings. The zero-order valence-electron chi connectivity index (χ0n) is 14.4. The van der Waals surface area contributed by atoms with Crippen molar-refractivity contribution < 1.29 is 14.0 Å². The topological polar surface area (TPSA) is 49.4 Å². The first-order chi connectivity index (χ1) is 12.3. The van der Waals surface area contributed by atoms with Crippen molar-refractivity contribution >= 4 is 35.0 Å². The maximum absolute atomic E-state index is 14.0. The Morgan fingerprint density at radius 3 is 2.46 bits per heavy atom. The van der Waals surface area contributed by atoms with E-state index in [0.717, 1.165) is 0 Å². The van der Waals surface area contributed by atoms with Crippen LogP contribution in [0.2, 0.25) is 10.0 Å². The molecule has 2 rings (SSSR count). The first-order valence-corrected chi connectivity index (χ1v) is 8.77. The minimum Gasteiger partial charge on any atom is -0.357 e. The molecule has 0 saturated carbocycles. The van der Waals surface area contributed by atoms with E-state index in [1.165, 1.54) is 18.0 Å². The maximum Gasteiger partial charge on any atom is 0.242 e. The van der Waals surface area contributed by atoms with Crippen molar-refractivity contribution in [1.29, 1.82) is 0 Å². The number of likely N-dealkylation sites (N-methyl/N-ethyl adjacent to an activating group) is 1. The van der Waals surface area contributed by atoms with Crippen molar-refractivity contribution in [2.24, 2.45) is 0 Å². The van der Waals surface area contributed by atoms with E-state index >= 15 is 0 Å². The molecule has 0 aliphatic carbocycles. The van der Waals surface area contributed by atoms with Gasteiger partial charge in [-0.05, 0) is 30.7 Å². The summed E-state index contributed by atoms with van der Waals surface area (Å²) in [5.41, 5.74) is 0.998. The molecule has 0 radical (unpaired) electrons. The van der Waals surface area contributed by atoms with Crippen LogP contribution < -0.4 is 5.32 Å². The second-order valence-electron chi connectivity index (χ2n) is 5.83. The number of carbonyl (C=O) groups is 2. The van der Waals surface area contributed by atoms with Gasteiger partial charge in [0, 0.05) is 19.2 Å². The van der Waals surface area contributed by atoms with Gasteiger partial charge in [-0.3, -0.25) is 9.59 Å². The first kappa shape index (κ1) is 20.2. The lowest BCUT2D eigenvalue weighted by Gasteiger charge is -2.28. The molecule has 0 unspecified atom stereocenters. The Labute approximate surface area is 161 Å². The molecule has 7 heteroatoms. The number of carbonyl (C=O) groups excluding carboxylic acids is 2. The largest absolute Gasteiger partial charge is 0.357 e. The number of benzene rings is 2. The van der Waals surface area contributed by atoms with Crippen molar-refractivity contribution in [2.45, 2.75) is 25.9 Å². The number of rotatable bonds is 6. The summed E-state index contributed by atoms with van der Waals surface area (Å²) in [6.07, 6.45) is 0.0205. The van der Waals surface area contributed by atoms with Crippen molar-refractivity contribution in [1.82, 2.24) is 10.2 Å². The molecule has 0 aliphatic heterocycles. The number of halogens is 3. The van der Waals surface area contributed by atoms with Gasteiger partial charge in [0.2, 0.25) is 11.8 Å². The summed E-state index contributed by atoms with van der Waals surface area (Å²) in [5, 5.41) is 3.25. The van der Waals surface area contributed by atoms with Crippen molar-refractivity contribution in [2.75, 3.05) is 7.05 Å². The Morgan fingerprint density at radius 2 is 1.85 bits per heavy atom. The molecule has 2 amide bonds. The van der Waals surface area contributed by atoms with E-state index in [-0.39, 0.29) is 24.8 Å². The van der Waals surface area contributed by atoms with Crippen LogP contribution in [0.4, 0.5) is 4.39 Å². The SMILES string of the molecule is CNC(=O)[C@@H](C)N(Cc1ccccc1F)C(=O)Cc1ccc(Cl)c(Cl)c1. The van der Waals surface area contributed by atoms with Gasteiger partial charge in [-0.2, -0.15) is 0 Å². The molecule has 0 saturated heterocycles. The molecule has 0 bridgehead atoms. The van der Waals surface area contributed by atoms with Crippen LogP contribution in [-0.4, -0.2) is 29.8 Å². The fraction of sp³-hybridized carbons (Fsp3) is 0.263. The van der Waals surface area contributed by atoms with E-state index in [1.807, 2.05) is 0 Å². The highest BCUT2D eigenvalue weighted by molar-refractivity contribution is 6.42. The maximum atomic E-state index is 14.0. The Balaban J connectivity index is 2.26.